The van der Waals surface area contributed by atoms with Crippen LogP contribution in [0.1, 0.15) is 57.1 Å². The molecule has 0 saturated carbocycles. The van der Waals surface area contributed by atoms with Crippen molar-refractivity contribution in [1.82, 2.24) is 0 Å². The first-order valence-corrected chi connectivity index (χ1v) is 7.77. The van der Waals surface area contributed by atoms with Crippen LogP contribution in [-0.2, 0) is 5.41 Å². The predicted octanol–water partition coefficient (Wildman–Crippen LogP) is 5.16. The largest absolute Gasteiger partial charge is 0.359 e. The van der Waals surface area contributed by atoms with Crippen LogP contribution >= 0.6 is 0 Å². The van der Waals surface area contributed by atoms with Crippen molar-refractivity contribution in [3.05, 3.63) is 41.1 Å². The number of nitrogens with one attached hydrogen (secondary N) is 1. The minimum atomic E-state index is 0.365. The van der Waals surface area contributed by atoms with E-state index in [4.69, 9.17) is 0 Å². The van der Waals surface area contributed by atoms with E-state index in [9.17, 15) is 0 Å². The van der Waals surface area contributed by atoms with E-state index in [0.29, 0.717) is 5.41 Å². The van der Waals surface area contributed by atoms with Crippen LogP contribution < -0.4 is 5.32 Å². The van der Waals surface area contributed by atoms with Gasteiger partial charge in [0.1, 0.15) is 0 Å². The summed E-state index contributed by atoms with van der Waals surface area (Å²) in [5.74, 6) is 0.804. The van der Waals surface area contributed by atoms with Crippen LogP contribution in [0.5, 0.6) is 0 Å². The summed E-state index contributed by atoms with van der Waals surface area (Å²) in [6.45, 7) is 6.91. The Labute approximate surface area is 117 Å². The van der Waals surface area contributed by atoms with Gasteiger partial charge in [-0.1, -0.05) is 44.0 Å². The van der Waals surface area contributed by atoms with E-state index in [1.807, 2.05) is 0 Å². The second-order valence-corrected chi connectivity index (χ2v) is 6.31. The molecule has 1 aliphatic carbocycles. The van der Waals surface area contributed by atoms with E-state index in [1.54, 1.807) is 5.56 Å². The molecule has 2 atom stereocenters. The molecule has 19 heavy (non-hydrogen) atoms. The third-order valence-electron chi connectivity index (χ3n) is 5.24. The Morgan fingerprint density at radius 3 is 2.89 bits per heavy atom. The highest BCUT2D eigenvalue weighted by atomic mass is 14.9. The summed E-state index contributed by atoms with van der Waals surface area (Å²) < 4.78 is 0. The van der Waals surface area contributed by atoms with Crippen LogP contribution in [0.3, 0.4) is 0 Å². The van der Waals surface area contributed by atoms with Crippen LogP contribution in [0.4, 0.5) is 5.69 Å². The van der Waals surface area contributed by atoms with E-state index in [-0.39, 0.29) is 0 Å². The third kappa shape index (κ3) is 1.91. The number of hydrogen-bond acceptors (Lipinski definition) is 1. The number of hydrogen-bond donors (Lipinski definition) is 1. The molecule has 0 fully saturated rings. The fraction of sp³-hybridized carbons (Fsp3) is 0.556. The molecule has 2 heterocycles. The van der Waals surface area contributed by atoms with Gasteiger partial charge in [0.15, 0.2) is 0 Å². The Morgan fingerprint density at radius 2 is 2.16 bits per heavy atom. The van der Waals surface area contributed by atoms with Crippen molar-refractivity contribution in [1.29, 1.82) is 0 Å². The molecule has 2 aliphatic heterocycles. The summed E-state index contributed by atoms with van der Waals surface area (Å²) >= 11 is 0. The highest BCUT2D eigenvalue weighted by Crippen LogP contribution is 2.52. The molecule has 0 aromatic heterocycles. The first kappa shape index (κ1) is 12.8. The Morgan fingerprint density at radius 1 is 1.32 bits per heavy atom. The maximum absolute atomic E-state index is 3.69. The van der Waals surface area contributed by atoms with Crippen LogP contribution in [0, 0.1) is 12.8 Å². The zero-order valence-electron chi connectivity index (χ0n) is 12.4. The molecule has 0 amide bonds. The topological polar surface area (TPSA) is 12.0 Å². The summed E-state index contributed by atoms with van der Waals surface area (Å²) in [5, 5.41) is 3.69. The number of aryl methyl sites for hydroxylation is 1. The van der Waals surface area contributed by atoms with E-state index < -0.39 is 0 Å². The molecule has 2 unspecified atom stereocenters. The second-order valence-electron chi connectivity index (χ2n) is 6.31. The summed E-state index contributed by atoms with van der Waals surface area (Å²) in [6, 6.07) is 6.94. The second kappa shape index (κ2) is 4.70. The Bertz CT molecular complexity index is 514. The maximum Gasteiger partial charge on any atom is 0.0420 e. The molecule has 0 saturated heterocycles. The Kier molecular flexibility index (Phi) is 3.16. The molecular weight excluding hydrogens is 230 g/mol. The zero-order valence-corrected chi connectivity index (χ0v) is 12.4. The van der Waals surface area contributed by atoms with Crippen molar-refractivity contribution in [2.75, 3.05) is 5.32 Å². The number of fused-ring (bicyclic) bond motifs is 2. The smallest absolute Gasteiger partial charge is 0.0420 e. The molecule has 1 aromatic rings. The van der Waals surface area contributed by atoms with Gasteiger partial charge in [0.05, 0.1) is 0 Å². The summed E-state index contributed by atoms with van der Waals surface area (Å²) in [4.78, 5) is 0. The van der Waals surface area contributed by atoms with Crippen molar-refractivity contribution < 1.29 is 0 Å². The summed E-state index contributed by atoms with van der Waals surface area (Å²) in [5.41, 5.74) is 6.13. The van der Waals surface area contributed by atoms with Crippen molar-refractivity contribution in [3.63, 3.8) is 0 Å². The number of allylic oxidation sites excluding steroid dienone is 2. The van der Waals surface area contributed by atoms with Gasteiger partial charge in [0.25, 0.3) is 0 Å². The quantitative estimate of drug-likeness (QED) is 0.786. The molecule has 4 rings (SSSR count). The van der Waals surface area contributed by atoms with Crippen LogP contribution in [-0.4, -0.2) is 0 Å². The Balaban J connectivity index is 2.17. The molecule has 1 aromatic carbocycles. The standard InChI is InChI=1S/C18H25N/c1-4-6-14-12-15-9-10-18(14,5-2)16-11-13(3)7-8-17(16)19-15/h7-9,11,14,19H,4-6,10,12H2,1-3H3. The molecule has 0 spiro atoms. The lowest BCUT2D eigenvalue weighted by Crippen LogP contribution is -2.35. The zero-order chi connectivity index (χ0) is 13.5. The monoisotopic (exact) mass is 255 g/mol. The number of benzene rings is 1. The van der Waals surface area contributed by atoms with Gasteiger partial charge in [-0.05, 0) is 50.2 Å². The molecule has 102 valence electrons. The molecule has 3 aliphatic rings. The minimum absolute atomic E-state index is 0.365. The van der Waals surface area contributed by atoms with E-state index in [1.165, 1.54) is 49.1 Å². The number of anilines is 1. The fourth-order valence-corrected chi connectivity index (χ4v) is 4.15. The van der Waals surface area contributed by atoms with Gasteiger partial charge in [-0.2, -0.15) is 0 Å². The summed E-state index contributed by atoms with van der Waals surface area (Å²) in [6.07, 6.45) is 8.79. The lowest BCUT2D eigenvalue weighted by molar-refractivity contribution is 0.231. The van der Waals surface area contributed by atoms with E-state index in [2.05, 4.69) is 50.4 Å². The predicted molar refractivity (Wildman–Crippen MR) is 82.5 cm³/mol. The molecule has 1 heteroatoms. The first-order chi connectivity index (χ1) is 9.19. The summed E-state index contributed by atoms with van der Waals surface area (Å²) in [7, 11) is 0. The number of rotatable bonds is 3. The Hall–Kier alpha value is -1.24. The molecular formula is C18H25N. The van der Waals surface area contributed by atoms with Crippen LogP contribution in [0.25, 0.3) is 0 Å². The third-order valence-corrected chi connectivity index (χ3v) is 5.24. The first-order valence-electron chi connectivity index (χ1n) is 7.77. The normalized spacial score (nSPS) is 28.4. The lowest BCUT2D eigenvalue weighted by Gasteiger charge is -2.41. The average molecular weight is 255 g/mol. The van der Waals surface area contributed by atoms with Gasteiger partial charge in [-0.3, -0.25) is 0 Å². The molecule has 1 nitrogen and oxygen atoms in total. The molecule has 1 N–H and O–H groups in total. The van der Waals surface area contributed by atoms with Gasteiger partial charge in [0.2, 0.25) is 0 Å². The van der Waals surface area contributed by atoms with Gasteiger partial charge >= 0.3 is 0 Å². The van der Waals surface area contributed by atoms with E-state index in [0.717, 1.165) is 5.92 Å². The lowest BCUT2D eigenvalue weighted by atomic mass is 9.62. The van der Waals surface area contributed by atoms with Crippen molar-refractivity contribution in [2.24, 2.45) is 5.92 Å². The van der Waals surface area contributed by atoms with Crippen molar-refractivity contribution in [2.45, 2.75) is 58.3 Å². The van der Waals surface area contributed by atoms with Gasteiger partial charge in [-0.25, -0.2) is 0 Å². The van der Waals surface area contributed by atoms with E-state index >= 15 is 0 Å². The van der Waals surface area contributed by atoms with Crippen LogP contribution in [0.2, 0.25) is 0 Å². The SMILES string of the molecule is CCCC1CC2=CCC1(CC)c1cc(C)ccc1N2. The van der Waals surface area contributed by atoms with Gasteiger partial charge < -0.3 is 5.32 Å². The van der Waals surface area contributed by atoms with Gasteiger partial charge in [-0.15, -0.1) is 0 Å². The molecule has 0 radical (unpaired) electrons. The molecule has 2 bridgehead atoms. The van der Waals surface area contributed by atoms with Crippen molar-refractivity contribution in [3.8, 4) is 0 Å². The van der Waals surface area contributed by atoms with Gasteiger partial charge in [0, 0.05) is 16.8 Å². The fourth-order valence-electron chi connectivity index (χ4n) is 4.15. The van der Waals surface area contributed by atoms with Crippen LogP contribution in [0.15, 0.2) is 30.0 Å². The highest BCUT2D eigenvalue weighted by molar-refractivity contribution is 5.62. The minimum Gasteiger partial charge on any atom is -0.359 e. The average Bonchev–Trinajstić information content (AvgIpc) is 2.64. The van der Waals surface area contributed by atoms with Crippen molar-refractivity contribution >= 4 is 5.69 Å². The maximum atomic E-state index is 3.69. The highest BCUT2D eigenvalue weighted by Gasteiger charge is 2.43.